The van der Waals surface area contributed by atoms with E-state index in [0.29, 0.717) is 5.56 Å². The lowest BCUT2D eigenvalue weighted by atomic mass is 9.91. The lowest BCUT2D eigenvalue weighted by molar-refractivity contribution is 0.447. The van der Waals surface area contributed by atoms with Gasteiger partial charge in [-0.25, -0.2) is 8.78 Å². The van der Waals surface area contributed by atoms with Crippen molar-refractivity contribution in [3.63, 3.8) is 0 Å². The van der Waals surface area contributed by atoms with Gasteiger partial charge in [0.05, 0.1) is 0 Å². The predicted octanol–water partition coefficient (Wildman–Crippen LogP) is 3.38. The van der Waals surface area contributed by atoms with Gasteiger partial charge in [-0.2, -0.15) is 0 Å². The molecule has 1 unspecified atom stereocenters. The van der Waals surface area contributed by atoms with Gasteiger partial charge in [0.2, 0.25) is 0 Å². The van der Waals surface area contributed by atoms with Gasteiger partial charge < -0.3 is 5.73 Å². The first-order valence-corrected chi connectivity index (χ1v) is 6.42. The molecular formula is C16H15F2N. The summed E-state index contributed by atoms with van der Waals surface area (Å²) in [5, 5.41) is 0. The third-order valence-corrected chi connectivity index (χ3v) is 3.92. The molecule has 0 radical (unpaired) electrons. The van der Waals surface area contributed by atoms with Crippen LogP contribution in [0.3, 0.4) is 0 Å². The van der Waals surface area contributed by atoms with Crippen molar-refractivity contribution in [2.75, 3.05) is 0 Å². The van der Waals surface area contributed by atoms with Gasteiger partial charge in [0, 0.05) is 6.04 Å². The molecule has 0 saturated heterocycles. The van der Waals surface area contributed by atoms with Crippen LogP contribution in [0.5, 0.6) is 0 Å². The molecule has 2 aromatic rings. The number of nitrogens with two attached hydrogens (primary N) is 1. The van der Waals surface area contributed by atoms with Crippen molar-refractivity contribution in [1.82, 2.24) is 0 Å². The molecule has 1 aliphatic carbocycles. The Morgan fingerprint density at radius 2 is 1.58 bits per heavy atom. The highest BCUT2D eigenvalue weighted by atomic mass is 19.2. The number of rotatable bonds is 2. The van der Waals surface area contributed by atoms with E-state index in [0.717, 1.165) is 18.9 Å². The predicted molar refractivity (Wildman–Crippen MR) is 70.6 cm³/mol. The highest BCUT2D eigenvalue weighted by Gasteiger charge is 2.27. The van der Waals surface area contributed by atoms with Crippen LogP contribution in [0, 0.1) is 17.6 Å². The SMILES string of the molecule is NC(c1ccc(F)c(F)c1)C1Cc2ccccc2C1. The van der Waals surface area contributed by atoms with Crippen LogP contribution in [0.15, 0.2) is 42.5 Å². The van der Waals surface area contributed by atoms with Crippen LogP contribution in [-0.2, 0) is 12.8 Å². The second kappa shape index (κ2) is 4.74. The van der Waals surface area contributed by atoms with Crippen molar-refractivity contribution in [2.45, 2.75) is 18.9 Å². The average Bonchev–Trinajstić information content (AvgIpc) is 2.85. The van der Waals surface area contributed by atoms with E-state index in [1.54, 1.807) is 6.07 Å². The largest absolute Gasteiger partial charge is 0.324 e. The van der Waals surface area contributed by atoms with E-state index in [9.17, 15) is 8.78 Å². The molecule has 0 bridgehead atoms. The van der Waals surface area contributed by atoms with Gasteiger partial charge in [0.25, 0.3) is 0 Å². The summed E-state index contributed by atoms with van der Waals surface area (Å²) in [6.07, 6.45) is 1.80. The third-order valence-electron chi connectivity index (χ3n) is 3.92. The molecule has 1 aliphatic rings. The summed E-state index contributed by atoms with van der Waals surface area (Å²) < 4.78 is 26.2. The van der Waals surface area contributed by atoms with E-state index in [1.165, 1.54) is 17.2 Å². The minimum atomic E-state index is -0.830. The molecule has 2 aromatic carbocycles. The number of fused-ring (bicyclic) bond motifs is 1. The van der Waals surface area contributed by atoms with Crippen molar-refractivity contribution in [2.24, 2.45) is 11.7 Å². The Morgan fingerprint density at radius 1 is 0.947 bits per heavy atom. The standard InChI is InChI=1S/C16H15F2N/c17-14-6-5-12(9-15(14)18)16(19)13-7-10-3-1-2-4-11(10)8-13/h1-6,9,13,16H,7-8,19H2. The molecule has 19 heavy (non-hydrogen) atoms. The fourth-order valence-corrected chi connectivity index (χ4v) is 2.84. The van der Waals surface area contributed by atoms with Crippen molar-refractivity contribution in [1.29, 1.82) is 0 Å². The summed E-state index contributed by atoms with van der Waals surface area (Å²) in [6, 6.07) is 11.9. The Labute approximate surface area is 111 Å². The molecule has 0 fully saturated rings. The van der Waals surface area contributed by atoms with Crippen LogP contribution >= 0.6 is 0 Å². The minimum Gasteiger partial charge on any atom is -0.324 e. The van der Waals surface area contributed by atoms with E-state index in [4.69, 9.17) is 5.73 Å². The molecule has 0 saturated carbocycles. The quantitative estimate of drug-likeness (QED) is 0.879. The lowest BCUT2D eigenvalue weighted by Gasteiger charge is -2.19. The van der Waals surface area contributed by atoms with Gasteiger partial charge in [0.1, 0.15) is 0 Å². The zero-order chi connectivity index (χ0) is 13.4. The highest BCUT2D eigenvalue weighted by molar-refractivity contribution is 5.34. The van der Waals surface area contributed by atoms with E-state index in [2.05, 4.69) is 12.1 Å². The van der Waals surface area contributed by atoms with Crippen molar-refractivity contribution < 1.29 is 8.78 Å². The van der Waals surface area contributed by atoms with E-state index >= 15 is 0 Å². The molecule has 0 heterocycles. The first-order chi connectivity index (χ1) is 9.15. The second-order valence-electron chi connectivity index (χ2n) is 5.14. The first kappa shape index (κ1) is 12.3. The molecule has 3 heteroatoms. The van der Waals surface area contributed by atoms with Crippen LogP contribution in [0.4, 0.5) is 8.78 Å². The maximum absolute atomic E-state index is 13.3. The van der Waals surface area contributed by atoms with Gasteiger partial charge in [-0.05, 0) is 47.6 Å². The van der Waals surface area contributed by atoms with Crippen LogP contribution < -0.4 is 5.73 Å². The molecule has 0 amide bonds. The summed E-state index contributed by atoms with van der Waals surface area (Å²) in [7, 11) is 0. The highest BCUT2D eigenvalue weighted by Crippen LogP contribution is 2.34. The molecule has 1 atom stereocenters. The number of hydrogen-bond acceptors (Lipinski definition) is 1. The monoisotopic (exact) mass is 259 g/mol. The maximum Gasteiger partial charge on any atom is 0.159 e. The normalized spacial score (nSPS) is 16.4. The Morgan fingerprint density at radius 3 is 2.16 bits per heavy atom. The fourth-order valence-electron chi connectivity index (χ4n) is 2.84. The first-order valence-electron chi connectivity index (χ1n) is 6.42. The average molecular weight is 259 g/mol. The van der Waals surface area contributed by atoms with Crippen LogP contribution in [-0.4, -0.2) is 0 Å². The van der Waals surface area contributed by atoms with E-state index in [1.807, 2.05) is 12.1 Å². The number of benzene rings is 2. The van der Waals surface area contributed by atoms with E-state index in [-0.39, 0.29) is 12.0 Å². The third kappa shape index (κ3) is 2.26. The summed E-state index contributed by atoms with van der Waals surface area (Å²) >= 11 is 0. The van der Waals surface area contributed by atoms with Crippen LogP contribution in [0.1, 0.15) is 22.7 Å². The van der Waals surface area contributed by atoms with Gasteiger partial charge in [0.15, 0.2) is 11.6 Å². The maximum atomic E-state index is 13.3. The summed E-state index contributed by atoms with van der Waals surface area (Å²) in [5.74, 6) is -1.41. The summed E-state index contributed by atoms with van der Waals surface area (Å²) in [5.41, 5.74) is 9.49. The Bertz CT molecular complexity index is 584. The zero-order valence-electron chi connectivity index (χ0n) is 10.4. The topological polar surface area (TPSA) is 26.0 Å². The zero-order valence-corrected chi connectivity index (χ0v) is 10.4. The van der Waals surface area contributed by atoms with Gasteiger partial charge in [-0.1, -0.05) is 30.3 Å². The van der Waals surface area contributed by atoms with Crippen molar-refractivity contribution >= 4 is 0 Å². The number of hydrogen-bond donors (Lipinski definition) is 1. The van der Waals surface area contributed by atoms with Crippen LogP contribution in [0.2, 0.25) is 0 Å². The molecule has 0 aromatic heterocycles. The van der Waals surface area contributed by atoms with Crippen LogP contribution in [0.25, 0.3) is 0 Å². The molecular weight excluding hydrogens is 244 g/mol. The van der Waals surface area contributed by atoms with E-state index < -0.39 is 11.6 Å². The Kier molecular flexibility index (Phi) is 3.07. The molecule has 3 rings (SSSR count). The van der Waals surface area contributed by atoms with Crippen molar-refractivity contribution in [3.8, 4) is 0 Å². The van der Waals surface area contributed by atoms with Gasteiger partial charge in [-0.15, -0.1) is 0 Å². The molecule has 0 aliphatic heterocycles. The Hall–Kier alpha value is -1.74. The molecule has 1 nitrogen and oxygen atoms in total. The molecule has 2 N–H and O–H groups in total. The van der Waals surface area contributed by atoms with Gasteiger partial charge >= 0.3 is 0 Å². The molecule has 98 valence electrons. The summed E-state index contributed by atoms with van der Waals surface area (Å²) in [6.45, 7) is 0. The lowest BCUT2D eigenvalue weighted by Crippen LogP contribution is -2.22. The Balaban J connectivity index is 1.82. The molecule has 0 spiro atoms. The van der Waals surface area contributed by atoms with Gasteiger partial charge in [-0.3, -0.25) is 0 Å². The second-order valence-corrected chi connectivity index (χ2v) is 5.14. The summed E-state index contributed by atoms with van der Waals surface area (Å²) in [4.78, 5) is 0. The minimum absolute atomic E-state index is 0.252. The fraction of sp³-hybridized carbons (Fsp3) is 0.250. The van der Waals surface area contributed by atoms with Crippen molar-refractivity contribution in [3.05, 3.63) is 70.8 Å². The smallest absolute Gasteiger partial charge is 0.159 e. The number of halogens is 2.